The highest BCUT2D eigenvalue weighted by Gasteiger charge is 2.21. The van der Waals surface area contributed by atoms with Crippen LogP contribution in [-0.2, 0) is 0 Å². The standard InChI is InChI=1S/C12H26N2/c1-5-11(3)13-7-9-14(10-8-13)12(4)6-2/h11-12H,5-10H2,1-4H3. The quantitative estimate of drug-likeness (QED) is 0.683. The van der Waals surface area contributed by atoms with Crippen LogP contribution < -0.4 is 0 Å². The molecule has 0 aromatic carbocycles. The third kappa shape index (κ3) is 2.96. The fraction of sp³-hybridized carbons (Fsp3) is 1.00. The van der Waals surface area contributed by atoms with E-state index in [-0.39, 0.29) is 0 Å². The van der Waals surface area contributed by atoms with Gasteiger partial charge in [-0.2, -0.15) is 0 Å². The van der Waals surface area contributed by atoms with Gasteiger partial charge in [-0.25, -0.2) is 0 Å². The second-order valence-corrected chi connectivity index (χ2v) is 4.59. The Morgan fingerprint density at radius 2 is 1.07 bits per heavy atom. The molecule has 1 saturated heterocycles. The number of piperazine rings is 1. The van der Waals surface area contributed by atoms with Gasteiger partial charge in [0.05, 0.1) is 0 Å². The molecular weight excluding hydrogens is 172 g/mol. The van der Waals surface area contributed by atoms with Crippen molar-refractivity contribution < 1.29 is 0 Å². The van der Waals surface area contributed by atoms with Crippen LogP contribution in [0.15, 0.2) is 0 Å². The molecule has 1 rings (SSSR count). The maximum Gasteiger partial charge on any atom is 0.0113 e. The van der Waals surface area contributed by atoms with Gasteiger partial charge in [-0.3, -0.25) is 9.80 Å². The molecule has 0 radical (unpaired) electrons. The summed E-state index contributed by atoms with van der Waals surface area (Å²) < 4.78 is 0. The summed E-state index contributed by atoms with van der Waals surface area (Å²) in [6.45, 7) is 14.3. The molecule has 0 spiro atoms. The van der Waals surface area contributed by atoms with E-state index >= 15 is 0 Å². The van der Waals surface area contributed by atoms with Crippen molar-refractivity contribution in [3.63, 3.8) is 0 Å². The Morgan fingerprint density at radius 1 is 0.786 bits per heavy atom. The van der Waals surface area contributed by atoms with Crippen LogP contribution in [0.1, 0.15) is 40.5 Å². The van der Waals surface area contributed by atoms with E-state index in [0.29, 0.717) is 0 Å². The largest absolute Gasteiger partial charge is 0.298 e. The van der Waals surface area contributed by atoms with Crippen LogP contribution in [-0.4, -0.2) is 48.1 Å². The molecule has 0 aromatic heterocycles. The Kier molecular flexibility index (Phi) is 4.90. The number of rotatable bonds is 4. The molecule has 0 aromatic rings. The van der Waals surface area contributed by atoms with Crippen LogP contribution in [0, 0.1) is 0 Å². The van der Waals surface area contributed by atoms with Crippen molar-refractivity contribution in [3.8, 4) is 0 Å². The minimum absolute atomic E-state index is 0.772. The Labute approximate surface area is 89.3 Å². The Morgan fingerprint density at radius 3 is 1.29 bits per heavy atom. The summed E-state index contributed by atoms with van der Waals surface area (Å²) in [7, 11) is 0. The molecule has 2 unspecified atom stereocenters. The third-order valence-corrected chi connectivity index (χ3v) is 3.78. The summed E-state index contributed by atoms with van der Waals surface area (Å²) in [5, 5.41) is 0. The van der Waals surface area contributed by atoms with Gasteiger partial charge in [-0.1, -0.05) is 13.8 Å². The van der Waals surface area contributed by atoms with Crippen molar-refractivity contribution in [3.05, 3.63) is 0 Å². The minimum atomic E-state index is 0.772. The first-order chi connectivity index (χ1) is 6.69. The number of nitrogens with zero attached hydrogens (tertiary/aromatic N) is 2. The van der Waals surface area contributed by atoms with Gasteiger partial charge in [0.25, 0.3) is 0 Å². The van der Waals surface area contributed by atoms with Crippen molar-refractivity contribution in [2.24, 2.45) is 0 Å². The van der Waals surface area contributed by atoms with Gasteiger partial charge in [0, 0.05) is 38.3 Å². The number of hydrogen-bond acceptors (Lipinski definition) is 2. The van der Waals surface area contributed by atoms with Crippen molar-refractivity contribution in [2.75, 3.05) is 26.2 Å². The highest BCUT2D eigenvalue weighted by molar-refractivity contribution is 4.78. The zero-order chi connectivity index (χ0) is 10.6. The van der Waals surface area contributed by atoms with Crippen LogP contribution in [0.5, 0.6) is 0 Å². The Hall–Kier alpha value is -0.0800. The third-order valence-electron chi connectivity index (χ3n) is 3.78. The molecule has 1 aliphatic heterocycles. The molecule has 1 aliphatic rings. The van der Waals surface area contributed by atoms with Gasteiger partial charge in [-0.15, -0.1) is 0 Å². The first-order valence-corrected chi connectivity index (χ1v) is 6.17. The highest BCUT2D eigenvalue weighted by atomic mass is 15.3. The SMILES string of the molecule is CCC(C)N1CCN(C(C)CC)CC1. The van der Waals surface area contributed by atoms with E-state index in [1.807, 2.05) is 0 Å². The predicted octanol–water partition coefficient (Wildman–Crippen LogP) is 2.20. The molecule has 0 amide bonds. The predicted molar refractivity (Wildman–Crippen MR) is 62.7 cm³/mol. The first kappa shape index (κ1) is 12.0. The Bertz CT molecular complexity index is 132. The molecule has 84 valence electrons. The molecule has 2 atom stereocenters. The fourth-order valence-electron chi connectivity index (χ4n) is 2.14. The smallest absolute Gasteiger partial charge is 0.0113 e. The average molecular weight is 198 g/mol. The van der Waals surface area contributed by atoms with Crippen LogP contribution in [0.25, 0.3) is 0 Å². The Balaban J connectivity index is 2.31. The topological polar surface area (TPSA) is 6.48 Å². The fourth-order valence-corrected chi connectivity index (χ4v) is 2.14. The van der Waals surface area contributed by atoms with Crippen LogP contribution >= 0.6 is 0 Å². The summed E-state index contributed by atoms with van der Waals surface area (Å²) in [6.07, 6.45) is 2.56. The van der Waals surface area contributed by atoms with E-state index in [9.17, 15) is 0 Å². The summed E-state index contributed by atoms with van der Waals surface area (Å²) in [4.78, 5) is 5.25. The lowest BCUT2D eigenvalue weighted by atomic mass is 10.1. The molecule has 14 heavy (non-hydrogen) atoms. The van der Waals surface area contributed by atoms with Gasteiger partial charge >= 0.3 is 0 Å². The van der Waals surface area contributed by atoms with E-state index in [1.165, 1.54) is 39.0 Å². The lowest BCUT2D eigenvalue weighted by Crippen LogP contribution is -2.51. The second-order valence-electron chi connectivity index (χ2n) is 4.59. The highest BCUT2D eigenvalue weighted by Crippen LogP contribution is 2.12. The molecule has 1 fully saturated rings. The van der Waals surface area contributed by atoms with Gasteiger partial charge < -0.3 is 0 Å². The molecular formula is C12H26N2. The van der Waals surface area contributed by atoms with E-state index in [2.05, 4.69) is 37.5 Å². The monoisotopic (exact) mass is 198 g/mol. The maximum absolute atomic E-state index is 2.62. The maximum atomic E-state index is 2.62. The molecule has 2 heteroatoms. The molecule has 0 N–H and O–H groups in total. The second kappa shape index (κ2) is 5.72. The molecule has 2 nitrogen and oxygen atoms in total. The molecule has 0 bridgehead atoms. The van der Waals surface area contributed by atoms with E-state index < -0.39 is 0 Å². The average Bonchev–Trinajstić information content (AvgIpc) is 2.27. The molecule has 0 saturated carbocycles. The van der Waals surface area contributed by atoms with Gasteiger partial charge in [-0.05, 0) is 26.7 Å². The zero-order valence-corrected chi connectivity index (χ0v) is 10.3. The van der Waals surface area contributed by atoms with Crippen LogP contribution in [0.3, 0.4) is 0 Å². The zero-order valence-electron chi connectivity index (χ0n) is 10.3. The van der Waals surface area contributed by atoms with Crippen molar-refractivity contribution in [1.29, 1.82) is 0 Å². The lowest BCUT2D eigenvalue weighted by molar-refractivity contribution is 0.0763. The van der Waals surface area contributed by atoms with E-state index in [4.69, 9.17) is 0 Å². The summed E-state index contributed by atoms with van der Waals surface area (Å²) in [6, 6.07) is 1.54. The molecule has 0 aliphatic carbocycles. The minimum Gasteiger partial charge on any atom is -0.298 e. The van der Waals surface area contributed by atoms with Gasteiger partial charge in [0.1, 0.15) is 0 Å². The van der Waals surface area contributed by atoms with Crippen molar-refractivity contribution in [2.45, 2.75) is 52.6 Å². The van der Waals surface area contributed by atoms with Gasteiger partial charge in [0.15, 0.2) is 0 Å². The van der Waals surface area contributed by atoms with Crippen LogP contribution in [0.4, 0.5) is 0 Å². The van der Waals surface area contributed by atoms with Crippen molar-refractivity contribution >= 4 is 0 Å². The summed E-state index contributed by atoms with van der Waals surface area (Å²) in [5.74, 6) is 0. The summed E-state index contributed by atoms with van der Waals surface area (Å²) in [5.41, 5.74) is 0. The normalized spacial score (nSPS) is 24.9. The lowest BCUT2D eigenvalue weighted by Gasteiger charge is -2.40. The number of hydrogen-bond donors (Lipinski definition) is 0. The van der Waals surface area contributed by atoms with Crippen molar-refractivity contribution in [1.82, 2.24) is 9.80 Å². The van der Waals surface area contributed by atoms with Gasteiger partial charge in [0.2, 0.25) is 0 Å². The van der Waals surface area contributed by atoms with E-state index in [1.54, 1.807) is 0 Å². The van der Waals surface area contributed by atoms with E-state index in [0.717, 1.165) is 12.1 Å². The first-order valence-electron chi connectivity index (χ1n) is 6.17. The van der Waals surface area contributed by atoms with Crippen LogP contribution in [0.2, 0.25) is 0 Å². The summed E-state index contributed by atoms with van der Waals surface area (Å²) >= 11 is 0. The molecule has 1 heterocycles.